The van der Waals surface area contributed by atoms with Gasteiger partial charge in [-0.2, -0.15) is 5.26 Å². The highest BCUT2D eigenvalue weighted by atomic mass is 16.4. The van der Waals surface area contributed by atoms with Gasteiger partial charge in [0.1, 0.15) is 0 Å². The Morgan fingerprint density at radius 2 is 2.00 bits per heavy atom. The van der Waals surface area contributed by atoms with Crippen LogP contribution in [-0.4, -0.2) is 29.1 Å². The molecule has 0 radical (unpaired) electrons. The summed E-state index contributed by atoms with van der Waals surface area (Å²) >= 11 is 0. The zero-order valence-electron chi connectivity index (χ0n) is 12.2. The number of rotatable bonds is 8. The van der Waals surface area contributed by atoms with Gasteiger partial charge in [-0.3, -0.25) is 9.69 Å². The first-order chi connectivity index (χ1) is 9.52. The second-order valence-corrected chi connectivity index (χ2v) is 5.38. The van der Waals surface area contributed by atoms with Gasteiger partial charge in [0.25, 0.3) is 0 Å². The molecule has 0 unspecified atom stereocenters. The third kappa shape index (κ3) is 5.85. The number of hydrogen-bond acceptors (Lipinski definition) is 3. The summed E-state index contributed by atoms with van der Waals surface area (Å²) in [6.45, 7) is 6.60. The highest BCUT2D eigenvalue weighted by Crippen LogP contribution is 2.14. The SMILES string of the molecule is CC(C)CN(CCC#N)Cc1ccccc1CC(=O)O. The number of benzene rings is 1. The Labute approximate surface area is 120 Å². The summed E-state index contributed by atoms with van der Waals surface area (Å²) in [6.07, 6.45) is 0.539. The minimum Gasteiger partial charge on any atom is -0.481 e. The summed E-state index contributed by atoms with van der Waals surface area (Å²) in [5, 5.41) is 17.7. The number of carbonyl (C=O) groups is 1. The van der Waals surface area contributed by atoms with Crippen LogP contribution in [0.25, 0.3) is 0 Å². The van der Waals surface area contributed by atoms with E-state index in [1.807, 2.05) is 24.3 Å². The summed E-state index contributed by atoms with van der Waals surface area (Å²) in [7, 11) is 0. The van der Waals surface area contributed by atoms with Crippen LogP contribution >= 0.6 is 0 Å². The van der Waals surface area contributed by atoms with Crippen molar-refractivity contribution in [3.05, 3.63) is 35.4 Å². The number of nitriles is 1. The fourth-order valence-corrected chi connectivity index (χ4v) is 2.25. The van der Waals surface area contributed by atoms with Crippen LogP contribution < -0.4 is 0 Å². The third-order valence-electron chi connectivity index (χ3n) is 3.02. The lowest BCUT2D eigenvalue weighted by molar-refractivity contribution is -0.136. The van der Waals surface area contributed by atoms with Gasteiger partial charge >= 0.3 is 5.97 Å². The summed E-state index contributed by atoms with van der Waals surface area (Å²) in [5.41, 5.74) is 1.89. The second-order valence-electron chi connectivity index (χ2n) is 5.38. The molecule has 0 saturated carbocycles. The summed E-state index contributed by atoms with van der Waals surface area (Å²) < 4.78 is 0. The molecule has 4 heteroatoms. The van der Waals surface area contributed by atoms with Gasteiger partial charge in [0.15, 0.2) is 0 Å². The van der Waals surface area contributed by atoms with E-state index in [-0.39, 0.29) is 6.42 Å². The van der Waals surface area contributed by atoms with Gasteiger partial charge in [-0.1, -0.05) is 38.1 Å². The molecule has 0 aliphatic heterocycles. The van der Waals surface area contributed by atoms with Crippen LogP contribution in [0.15, 0.2) is 24.3 Å². The van der Waals surface area contributed by atoms with Gasteiger partial charge in [0.05, 0.1) is 12.5 Å². The predicted octanol–water partition coefficient (Wildman–Crippen LogP) is 2.69. The molecule has 0 atom stereocenters. The van der Waals surface area contributed by atoms with Crippen molar-refractivity contribution in [2.45, 2.75) is 33.2 Å². The van der Waals surface area contributed by atoms with E-state index in [2.05, 4.69) is 24.8 Å². The van der Waals surface area contributed by atoms with Crippen LogP contribution in [0.3, 0.4) is 0 Å². The molecule has 0 saturated heterocycles. The Balaban J connectivity index is 2.81. The van der Waals surface area contributed by atoms with Crippen molar-refractivity contribution in [2.24, 2.45) is 5.92 Å². The molecule has 1 rings (SSSR count). The Bertz CT molecular complexity index is 478. The first-order valence-corrected chi connectivity index (χ1v) is 6.90. The third-order valence-corrected chi connectivity index (χ3v) is 3.02. The van der Waals surface area contributed by atoms with Crippen molar-refractivity contribution in [1.29, 1.82) is 5.26 Å². The number of nitrogens with zero attached hydrogens (tertiary/aromatic N) is 2. The molecule has 0 bridgehead atoms. The lowest BCUT2D eigenvalue weighted by Gasteiger charge is -2.24. The maximum absolute atomic E-state index is 10.9. The van der Waals surface area contributed by atoms with Crippen LogP contribution in [0.2, 0.25) is 0 Å². The van der Waals surface area contributed by atoms with E-state index < -0.39 is 5.97 Å². The van der Waals surface area contributed by atoms with Crippen LogP contribution in [-0.2, 0) is 17.8 Å². The molecule has 0 heterocycles. The molecular formula is C16H22N2O2. The predicted molar refractivity (Wildman–Crippen MR) is 78.1 cm³/mol. The molecule has 0 fully saturated rings. The van der Waals surface area contributed by atoms with E-state index in [1.165, 1.54) is 0 Å². The number of carboxylic acids is 1. The molecule has 20 heavy (non-hydrogen) atoms. The van der Waals surface area contributed by atoms with Crippen LogP contribution in [0.1, 0.15) is 31.4 Å². The maximum Gasteiger partial charge on any atom is 0.307 e. The molecular weight excluding hydrogens is 252 g/mol. The normalized spacial score (nSPS) is 10.8. The smallest absolute Gasteiger partial charge is 0.307 e. The first-order valence-electron chi connectivity index (χ1n) is 6.90. The van der Waals surface area contributed by atoms with Crippen LogP contribution in [0, 0.1) is 17.2 Å². The largest absolute Gasteiger partial charge is 0.481 e. The Morgan fingerprint density at radius 1 is 1.35 bits per heavy atom. The molecule has 4 nitrogen and oxygen atoms in total. The second kappa shape index (κ2) is 8.34. The van der Waals surface area contributed by atoms with Gasteiger partial charge in [-0.05, 0) is 17.0 Å². The average Bonchev–Trinajstić information content (AvgIpc) is 2.37. The van der Waals surface area contributed by atoms with Gasteiger partial charge in [0, 0.05) is 26.1 Å². The van der Waals surface area contributed by atoms with E-state index >= 15 is 0 Å². The number of aliphatic carboxylic acids is 1. The quantitative estimate of drug-likeness (QED) is 0.791. The fraction of sp³-hybridized carbons (Fsp3) is 0.500. The van der Waals surface area contributed by atoms with Crippen molar-refractivity contribution in [1.82, 2.24) is 4.90 Å². The lowest BCUT2D eigenvalue weighted by Crippen LogP contribution is -2.29. The number of carboxylic acid groups (broad SMARTS) is 1. The van der Waals surface area contributed by atoms with Crippen molar-refractivity contribution < 1.29 is 9.90 Å². The van der Waals surface area contributed by atoms with Gasteiger partial charge in [-0.25, -0.2) is 0 Å². The van der Waals surface area contributed by atoms with Crippen LogP contribution in [0.5, 0.6) is 0 Å². The maximum atomic E-state index is 10.9. The zero-order valence-corrected chi connectivity index (χ0v) is 12.2. The highest BCUT2D eigenvalue weighted by molar-refractivity contribution is 5.70. The summed E-state index contributed by atoms with van der Waals surface area (Å²) in [4.78, 5) is 13.1. The first kappa shape index (κ1) is 16.2. The highest BCUT2D eigenvalue weighted by Gasteiger charge is 2.12. The average molecular weight is 274 g/mol. The fourth-order valence-electron chi connectivity index (χ4n) is 2.25. The standard InChI is InChI=1S/C16H22N2O2/c1-13(2)11-18(9-5-8-17)12-15-7-4-3-6-14(15)10-16(19)20/h3-4,6-7,13H,5,9-12H2,1-2H3,(H,19,20). The van der Waals surface area contributed by atoms with Gasteiger partial charge < -0.3 is 5.11 Å². The molecule has 1 N–H and O–H groups in total. The van der Waals surface area contributed by atoms with E-state index in [0.717, 1.165) is 24.2 Å². The molecule has 0 aliphatic rings. The molecule has 1 aromatic rings. The topological polar surface area (TPSA) is 64.3 Å². The number of hydrogen-bond donors (Lipinski definition) is 1. The summed E-state index contributed by atoms with van der Waals surface area (Å²) in [6, 6.07) is 9.79. The molecule has 108 valence electrons. The summed E-state index contributed by atoms with van der Waals surface area (Å²) in [5.74, 6) is -0.301. The zero-order chi connectivity index (χ0) is 15.0. The molecule has 1 aromatic carbocycles. The molecule has 0 aliphatic carbocycles. The van der Waals surface area contributed by atoms with E-state index in [9.17, 15) is 4.79 Å². The van der Waals surface area contributed by atoms with Gasteiger partial charge in [0.2, 0.25) is 0 Å². The molecule has 0 spiro atoms. The van der Waals surface area contributed by atoms with E-state index in [4.69, 9.17) is 10.4 Å². The molecule has 0 aromatic heterocycles. The lowest BCUT2D eigenvalue weighted by atomic mass is 10.0. The van der Waals surface area contributed by atoms with Crippen molar-refractivity contribution in [3.63, 3.8) is 0 Å². The van der Waals surface area contributed by atoms with Crippen molar-refractivity contribution in [3.8, 4) is 6.07 Å². The minimum atomic E-state index is -0.815. The van der Waals surface area contributed by atoms with Crippen molar-refractivity contribution >= 4 is 5.97 Å². The Hall–Kier alpha value is -1.86. The van der Waals surface area contributed by atoms with Gasteiger partial charge in [-0.15, -0.1) is 0 Å². The van der Waals surface area contributed by atoms with E-state index in [1.54, 1.807) is 0 Å². The Kier molecular flexibility index (Phi) is 6.75. The Morgan fingerprint density at radius 3 is 2.55 bits per heavy atom. The van der Waals surface area contributed by atoms with E-state index in [0.29, 0.717) is 18.9 Å². The van der Waals surface area contributed by atoms with Crippen LogP contribution in [0.4, 0.5) is 0 Å². The monoisotopic (exact) mass is 274 g/mol. The molecule has 0 amide bonds. The van der Waals surface area contributed by atoms with Crippen molar-refractivity contribution in [2.75, 3.05) is 13.1 Å². The minimum absolute atomic E-state index is 0.0456.